The molecule has 1 aliphatic carbocycles. The standard InChI is InChI=1S/C8H12F/c1-6(9)4-7-5-8(7,2)3/h4-5,7H,1-3H3/b6-4+. The summed E-state index contributed by atoms with van der Waals surface area (Å²) >= 11 is 0. The van der Waals surface area contributed by atoms with Crippen molar-refractivity contribution in [3.8, 4) is 0 Å². The Labute approximate surface area is 55.8 Å². The van der Waals surface area contributed by atoms with Crippen LogP contribution in [0.2, 0.25) is 0 Å². The topological polar surface area (TPSA) is 0 Å². The number of hydrogen-bond acceptors (Lipinski definition) is 0. The first-order chi connectivity index (χ1) is 4.02. The van der Waals surface area contributed by atoms with Crippen LogP contribution in [0.3, 0.4) is 0 Å². The van der Waals surface area contributed by atoms with Gasteiger partial charge in [0.2, 0.25) is 0 Å². The van der Waals surface area contributed by atoms with E-state index in [0.717, 1.165) is 0 Å². The van der Waals surface area contributed by atoms with Crippen molar-refractivity contribution in [1.29, 1.82) is 0 Å². The summed E-state index contributed by atoms with van der Waals surface area (Å²) in [5.74, 6) is 0.310. The predicted molar refractivity (Wildman–Crippen MR) is 36.4 cm³/mol. The number of halogens is 1. The Balaban J connectivity index is 2.45. The zero-order valence-electron chi connectivity index (χ0n) is 6.11. The van der Waals surface area contributed by atoms with Crippen LogP contribution in [-0.4, -0.2) is 0 Å². The summed E-state index contributed by atoms with van der Waals surface area (Å²) < 4.78 is 12.2. The van der Waals surface area contributed by atoms with E-state index in [1.54, 1.807) is 6.08 Å². The first-order valence-electron chi connectivity index (χ1n) is 3.22. The van der Waals surface area contributed by atoms with Gasteiger partial charge >= 0.3 is 0 Å². The molecule has 1 heteroatoms. The highest BCUT2D eigenvalue weighted by Crippen LogP contribution is 2.51. The Morgan fingerprint density at radius 2 is 2.11 bits per heavy atom. The zero-order valence-corrected chi connectivity index (χ0v) is 6.11. The van der Waals surface area contributed by atoms with Gasteiger partial charge in [-0.3, -0.25) is 0 Å². The summed E-state index contributed by atoms with van der Waals surface area (Å²) in [6.07, 6.45) is 3.80. The fourth-order valence-electron chi connectivity index (χ4n) is 0.925. The van der Waals surface area contributed by atoms with E-state index in [1.165, 1.54) is 6.92 Å². The molecule has 9 heavy (non-hydrogen) atoms. The molecule has 1 radical (unpaired) electrons. The third-order valence-corrected chi connectivity index (χ3v) is 1.77. The smallest absolute Gasteiger partial charge is 0.0932 e. The largest absolute Gasteiger partial charge is 0.212 e. The van der Waals surface area contributed by atoms with E-state index in [0.29, 0.717) is 5.92 Å². The van der Waals surface area contributed by atoms with Crippen molar-refractivity contribution in [2.45, 2.75) is 20.8 Å². The molecule has 0 heterocycles. The van der Waals surface area contributed by atoms with Crippen LogP contribution in [0.4, 0.5) is 4.39 Å². The van der Waals surface area contributed by atoms with Crippen LogP contribution in [0.5, 0.6) is 0 Å². The fourth-order valence-corrected chi connectivity index (χ4v) is 0.925. The Kier molecular flexibility index (Phi) is 1.38. The zero-order chi connectivity index (χ0) is 7.07. The molecule has 1 aliphatic rings. The molecule has 0 bridgehead atoms. The first-order valence-corrected chi connectivity index (χ1v) is 3.22. The summed E-state index contributed by atoms with van der Waals surface area (Å²) in [7, 11) is 0. The van der Waals surface area contributed by atoms with Crippen molar-refractivity contribution in [2.75, 3.05) is 0 Å². The van der Waals surface area contributed by atoms with Gasteiger partial charge in [-0.2, -0.15) is 0 Å². The van der Waals surface area contributed by atoms with Crippen molar-refractivity contribution in [1.82, 2.24) is 0 Å². The molecule has 0 spiro atoms. The number of allylic oxidation sites excluding steroid dienone is 2. The van der Waals surface area contributed by atoms with Gasteiger partial charge < -0.3 is 0 Å². The molecule has 1 rings (SSSR count). The average Bonchev–Trinajstić information content (AvgIpc) is 2.10. The van der Waals surface area contributed by atoms with E-state index in [1.807, 2.05) is 0 Å². The van der Waals surface area contributed by atoms with Gasteiger partial charge in [-0.1, -0.05) is 13.8 Å². The monoisotopic (exact) mass is 127 g/mol. The SMILES string of the molecule is C/C(F)=C\C1[CH]C1(C)C. The lowest BCUT2D eigenvalue weighted by molar-refractivity contribution is 0.591. The van der Waals surface area contributed by atoms with Gasteiger partial charge in [0.15, 0.2) is 0 Å². The van der Waals surface area contributed by atoms with Crippen LogP contribution in [-0.2, 0) is 0 Å². The maximum Gasteiger partial charge on any atom is 0.0932 e. The van der Waals surface area contributed by atoms with E-state index < -0.39 is 0 Å². The highest BCUT2D eigenvalue weighted by Gasteiger charge is 2.44. The van der Waals surface area contributed by atoms with Crippen LogP contribution in [0.1, 0.15) is 20.8 Å². The molecule has 1 fully saturated rings. The van der Waals surface area contributed by atoms with Gasteiger partial charge in [0.1, 0.15) is 0 Å². The number of hydrogen-bond donors (Lipinski definition) is 0. The highest BCUT2D eigenvalue weighted by molar-refractivity contribution is 5.22. The fraction of sp³-hybridized carbons (Fsp3) is 0.625. The van der Waals surface area contributed by atoms with Gasteiger partial charge in [-0.05, 0) is 30.8 Å². The summed E-state index contributed by atoms with van der Waals surface area (Å²) in [4.78, 5) is 0. The molecule has 0 nitrogen and oxygen atoms in total. The Morgan fingerprint density at radius 1 is 1.67 bits per heavy atom. The molecule has 0 amide bonds. The predicted octanol–water partition coefficient (Wildman–Crippen LogP) is 2.72. The van der Waals surface area contributed by atoms with Crippen molar-refractivity contribution in [3.63, 3.8) is 0 Å². The second-order valence-corrected chi connectivity index (χ2v) is 3.27. The van der Waals surface area contributed by atoms with Gasteiger partial charge in [0.05, 0.1) is 5.83 Å². The van der Waals surface area contributed by atoms with Crippen LogP contribution in [0.25, 0.3) is 0 Å². The summed E-state index contributed by atoms with van der Waals surface area (Å²) in [6, 6.07) is 0. The van der Waals surface area contributed by atoms with Crippen molar-refractivity contribution in [2.24, 2.45) is 11.3 Å². The van der Waals surface area contributed by atoms with E-state index >= 15 is 0 Å². The molecule has 1 saturated carbocycles. The second kappa shape index (κ2) is 1.83. The maximum atomic E-state index is 12.2. The molecule has 0 N–H and O–H groups in total. The van der Waals surface area contributed by atoms with Gasteiger partial charge in [0, 0.05) is 0 Å². The lowest BCUT2D eigenvalue weighted by Gasteiger charge is -1.94. The van der Waals surface area contributed by atoms with Crippen molar-refractivity contribution >= 4 is 0 Å². The third kappa shape index (κ3) is 1.54. The highest BCUT2D eigenvalue weighted by atomic mass is 19.1. The maximum absolute atomic E-state index is 12.2. The summed E-state index contributed by atoms with van der Waals surface area (Å²) in [5.41, 5.74) is 0.257. The molecule has 0 aliphatic heterocycles. The lowest BCUT2D eigenvalue weighted by atomic mass is 10.1. The third-order valence-electron chi connectivity index (χ3n) is 1.77. The normalized spacial score (nSPS) is 32.4. The minimum absolute atomic E-state index is 0.0678. The molecule has 51 valence electrons. The Bertz CT molecular complexity index is 141. The number of rotatable bonds is 1. The van der Waals surface area contributed by atoms with Crippen LogP contribution >= 0.6 is 0 Å². The minimum Gasteiger partial charge on any atom is -0.212 e. The molecule has 0 saturated heterocycles. The molecule has 1 unspecified atom stereocenters. The summed E-state index contributed by atoms with van der Waals surface area (Å²) in [5, 5.41) is 0. The Morgan fingerprint density at radius 3 is 2.22 bits per heavy atom. The molecule has 0 aromatic heterocycles. The van der Waals surface area contributed by atoms with Crippen molar-refractivity contribution in [3.05, 3.63) is 18.3 Å². The summed E-state index contributed by atoms with van der Waals surface area (Å²) in [6.45, 7) is 5.70. The van der Waals surface area contributed by atoms with Crippen LogP contribution < -0.4 is 0 Å². The van der Waals surface area contributed by atoms with E-state index in [4.69, 9.17) is 0 Å². The molecular formula is C8H12F. The lowest BCUT2D eigenvalue weighted by Crippen LogP contribution is -1.85. The molecular weight excluding hydrogens is 115 g/mol. The Hall–Kier alpha value is -0.330. The quantitative estimate of drug-likeness (QED) is 0.508. The van der Waals surface area contributed by atoms with Crippen LogP contribution in [0, 0.1) is 17.8 Å². The van der Waals surface area contributed by atoms with E-state index in [2.05, 4.69) is 20.3 Å². The molecule has 1 atom stereocenters. The molecule has 0 aromatic carbocycles. The van der Waals surface area contributed by atoms with Gasteiger partial charge in [-0.25, -0.2) is 4.39 Å². The molecule has 0 aromatic rings. The minimum atomic E-state index is -0.0678. The van der Waals surface area contributed by atoms with Crippen molar-refractivity contribution < 1.29 is 4.39 Å². The average molecular weight is 127 g/mol. The van der Waals surface area contributed by atoms with Crippen LogP contribution in [0.15, 0.2) is 11.9 Å². The second-order valence-electron chi connectivity index (χ2n) is 3.27. The van der Waals surface area contributed by atoms with E-state index in [9.17, 15) is 4.39 Å². The van der Waals surface area contributed by atoms with Gasteiger partial charge in [-0.15, -0.1) is 0 Å². The van der Waals surface area contributed by atoms with E-state index in [-0.39, 0.29) is 11.2 Å². The first kappa shape index (κ1) is 6.79. The van der Waals surface area contributed by atoms with Gasteiger partial charge in [0.25, 0.3) is 0 Å².